The molecular weight excluding hydrogens is 265 g/mol. The van der Waals surface area contributed by atoms with Gasteiger partial charge in [0.15, 0.2) is 0 Å². The number of fused-ring (bicyclic) bond motifs is 1. The van der Waals surface area contributed by atoms with Crippen LogP contribution in [0.3, 0.4) is 0 Å². The fourth-order valence-corrected chi connectivity index (χ4v) is 2.40. The van der Waals surface area contributed by atoms with Crippen molar-refractivity contribution in [3.8, 4) is 0 Å². The number of aryl methyl sites for hydroxylation is 1. The lowest BCUT2D eigenvalue weighted by Crippen LogP contribution is -2.28. The van der Waals surface area contributed by atoms with Gasteiger partial charge in [-0.2, -0.15) is 13.2 Å². The summed E-state index contributed by atoms with van der Waals surface area (Å²) in [5.74, 6) is 0.348. The Morgan fingerprint density at radius 3 is 2.45 bits per heavy atom. The van der Waals surface area contributed by atoms with Gasteiger partial charge in [0.1, 0.15) is 6.04 Å². The Hall–Kier alpha value is -1.49. The number of hydrogen-bond donors (Lipinski definition) is 1. The summed E-state index contributed by atoms with van der Waals surface area (Å²) in [7, 11) is 0. The molecule has 0 fully saturated rings. The number of rotatable bonds is 3. The van der Waals surface area contributed by atoms with Crippen molar-refractivity contribution in [1.82, 2.24) is 4.57 Å². The zero-order valence-corrected chi connectivity index (χ0v) is 11.8. The van der Waals surface area contributed by atoms with Crippen molar-refractivity contribution < 1.29 is 13.2 Å². The Morgan fingerprint density at radius 1 is 1.25 bits per heavy atom. The molecule has 2 aromatic rings. The summed E-state index contributed by atoms with van der Waals surface area (Å²) in [4.78, 5) is 0. The minimum Gasteiger partial charge on any atom is -0.347 e. The Morgan fingerprint density at radius 2 is 1.90 bits per heavy atom. The summed E-state index contributed by atoms with van der Waals surface area (Å²) in [6.07, 6.45) is -2.88. The number of halogens is 3. The highest BCUT2D eigenvalue weighted by molar-refractivity contribution is 5.85. The van der Waals surface area contributed by atoms with Gasteiger partial charge in [0, 0.05) is 29.2 Å². The van der Waals surface area contributed by atoms with E-state index >= 15 is 0 Å². The smallest absolute Gasteiger partial charge is 0.347 e. The molecule has 0 aliphatic rings. The van der Waals surface area contributed by atoms with E-state index in [-0.39, 0.29) is 5.56 Å². The minimum absolute atomic E-state index is 0.146. The predicted octanol–water partition coefficient (Wildman–Crippen LogP) is 4.17. The lowest BCUT2D eigenvalue weighted by molar-refractivity contribution is -0.148. The van der Waals surface area contributed by atoms with E-state index in [9.17, 15) is 13.2 Å². The van der Waals surface area contributed by atoms with Crippen LogP contribution in [-0.2, 0) is 6.54 Å². The van der Waals surface area contributed by atoms with Crippen LogP contribution in [0.25, 0.3) is 10.9 Å². The topological polar surface area (TPSA) is 30.9 Å². The number of alkyl halides is 3. The van der Waals surface area contributed by atoms with Crippen molar-refractivity contribution in [1.29, 1.82) is 0 Å². The maximum absolute atomic E-state index is 12.9. The first-order valence-corrected chi connectivity index (χ1v) is 6.62. The van der Waals surface area contributed by atoms with Crippen LogP contribution >= 0.6 is 0 Å². The van der Waals surface area contributed by atoms with Gasteiger partial charge >= 0.3 is 6.18 Å². The second kappa shape index (κ2) is 5.13. The van der Waals surface area contributed by atoms with Gasteiger partial charge in [-0.25, -0.2) is 0 Å². The highest BCUT2D eigenvalue weighted by Crippen LogP contribution is 2.36. The van der Waals surface area contributed by atoms with Gasteiger partial charge in [-0.3, -0.25) is 0 Å². The van der Waals surface area contributed by atoms with Gasteiger partial charge in [0.2, 0.25) is 0 Å². The monoisotopic (exact) mass is 284 g/mol. The van der Waals surface area contributed by atoms with Crippen molar-refractivity contribution in [2.45, 2.75) is 39.5 Å². The van der Waals surface area contributed by atoms with Crippen LogP contribution in [0, 0.1) is 12.8 Å². The number of hydrogen-bond acceptors (Lipinski definition) is 1. The molecular formula is C15H19F3N2. The van der Waals surface area contributed by atoms with Crippen LogP contribution in [-0.4, -0.2) is 10.7 Å². The molecule has 0 saturated carbocycles. The maximum atomic E-state index is 12.9. The quantitative estimate of drug-likeness (QED) is 0.901. The first-order chi connectivity index (χ1) is 9.20. The summed E-state index contributed by atoms with van der Waals surface area (Å²) < 4.78 is 40.5. The standard InChI is InChI=1S/C15H19F3N2/c1-9(2)7-20-8-12(14(19)15(16,17)18)11-5-4-10(3)6-13(11)20/h4-6,8-9,14H,7,19H2,1-3H3/t14-/m0/s1. The zero-order chi connectivity index (χ0) is 15.1. The molecule has 0 spiro atoms. The molecule has 0 aliphatic carbocycles. The third-order valence-electron chi connectivity index (χ3n) is 3.32. The molecule has 0 radical (unpaired) electrons. The molecule has 1 atom stereocenters. The van der Waals surface area contributed by atoms with Crippen molar-refractivity contribution >= 4 is 10.9 Å². The normalized spacial score (nSPS) is 14.2. The summed E-state index contributed by atoms with van der Waals surface area (Å²) >= 11 is 0. The Bertz CT molecular complexity index is 611. The van der Waals surface area contributed by atoms with Crippen LogP contribution in [0.15, 0.2) is 24.4 Å². The first-order valence-electron chi connectivity index (χ1n) is 6.62. The van der Waals surface area contributed by atoms with Crippen molar-refractivity contribution in [2.24, 2.45) is 11.7 Å². The van der Waals surface area contributed by atoms with Crippen molar-refractivity contribution in [2.75, 3.05) is 0 Å². The molecule has 20 heavy (non-hydrogen) atoms. The summed E-state index contributed by atoms with van der Waals surface area (Å²) in [5, 5.41) is 0.584. The third-order valence-corrected chi connectivity index (χ3v) is 3.32. The van der Waals surface area contributed by atoms with Gasteiger partial charge in [-0.1, -0.05) is 26.0 Å². The first kappa shape index (κ1) is 14.9. The van der Waals surface area contributed by atoms with E-state index in [0.717, 1.165) is 11.1 Å². The fraction of sp³-hybridized carbons (Fsp3) is 0.467. The number of aromatic nitrogens is 1. The van der Waals surface area contributed by atoms with Crippen LogP contribution in [0.5, 0.6) is 0 Å². The van der Waals surface area contributed by atoms with E-state index in [2.05, 4.69) is 0 Å². The van der Waals surface area contributed by atoms with Gasteiger partial charge in [0.05, 0.1) is 0 Å². The molecule has 110 valence electrons. The van der Waals surface area contributed by atoms with Gasteiger partial charge in [-0.15, -0.1) is 0 Å². The van der Waals surface area contributed by atoms with Crippen molar-refractivity contribution in [3.05, 3.63) is 35.5 Å². The Labute approximate surface area is 116 Å². The molecule has 2 N–H and O–H groups in total. The van der Waals surface area contributed by atoms with Gasteiger partial charge < -0.3 is 10.3 Å². The van der Waals surface area contributed by atoms with E-state index in [1.54, 1.807) is 12.3 Å². The molecule has 2 nitrogen and oxygen atoms in total. The predicted molar refractivity (Wildman–Crippen MR) is 74.5 cm³/mol. The molecule has 0 aliphatic heterocycles. The van der Waals surface area contributed by atoms with Crippen LogP contribution in [0.2, 0.25) is 0 Å². The summed E-state index contributed by atoms with van der Waals surface area (Å²) in [6.45, 7) is 6.66. The highest BCUT2D eigenvalue weighted by atomic mass is 19.4. The maximum Gasteiger partial charge on any atom is 0.407 e. The van der Waals surface area contributed by atoms with E-state index in [1.165, 1.54) is 0 Å². The average molecular weight is 284 g/mol. The van der Waals surface area contributed by atoms with E-state index in [1.807, 2.05) is 37.5 Å². The van der Waals surface area contributed by atoms with Crippen LogP contribution in [0.1, 0.15) is 31.0 Å². The van der Waals surface area contributed by atoms with Crippen LogP contribution in [0.4, 0.5) is 13.2 Å². The third kappa shape index (κ3) is 2.82. The molecule has 0 amide bonds. The molecule has 1 aromatic heterocycles. The molecule has 5 heteroatoms. The lowest BCUT2D eigenvalue weighted by Gasteiger charge is -2.14. The summed E-state index contributed by atoms with van der Waals surface area (Å²) in [6, 6.07) is 3.50. The summed E-state index contributed by atoms with van der Waals surface area (Å²) in [5.41, 5.74) is 7.36. The van der Waals surface area contributed by atoms with E-state index in [4.69, 9.17) is 5.73 Å². The molecule has 1 heterocycles. The van der Waals surface area contributed by atoms with Gasteiger partial charge in [0.25, 0.3) is 0 Å². The number of nitrogens with zero attached hydrogens (tertiary/aromatic N) is 1. The Kier molecular flexibility index (Phi) is 3.82. The molecule has 0 bridgehead atoms. The fourth-order valence-electron chi connectivity index (χ4n) is 2.40. The largest absolute Gasteiger partial charge is 0.407 e. The number of benzene rings is 1. The molecule has 1 aromatic carbocycles. The average Bonchev–Trinajstić information content (AvgIpc) is 2.64. The Balaban J connectivity index is 2.61. The van der Waals surface area contributed by atoms with E-state index in [0.29, 0.717) is 17.8 Å². The minimum atomic E-state index is -4.43. The zero-order valence-electron chi connectivity index (χ0n) is 11.8. The highest BCUT2D eigenvalue weighted by Gasteiger charge is 2.39. The molecule has 2 rings (SSSR count). The van der Waals surface area contributed by atoms with E-state index < -0.39 is 12.2 Å². The molecule has 0 saturated heterocycles. The van der Waals surface area contributed by atoms with Gasteiger partial charge in [-0.05, 0) is 24.5 Å². The lowest BCUT2D eigenvalue weighted by atomic mass is 10.1. The second-order valence-corrected chi connectivity index (χ2v) is 5.67. The number of nitrogens with two attached hydrogens (primary N) is 1. The van der Waals surface area contributed by atoms with Crippen LogP contribution < -0.4 is 5.73 Å². The second-order valence-electron chi connectivity index (χ2n) is 5.67. The molecule has 0 unspecified atom stereocenters. The SMILES string of the molecule is Cc1ccc2c([C@H](N)C(F)(F)F)cn(CC(C)C)c2c1. The van der Waals surface area contributed by atoms with Crippen molar-refractivity contribution in [3.63, 3.8) is 0 Å².